The largest absolute Gasteiger partial charge is 0.459 e. The van der Waals surface area contributed by atoms with Crippen molar-refractivity contribution in [3.05, 3.63) is 29.0 Å². The summed E-state index contributed by atoms with van der Waals surface area (Å²) in [7, 11) is 0. The molecular weight excluding hydrogens is 401 g/mol. The van der Waals surface area contributed by atoms with E-state index in [-0.39, 0.29) is 29.6 Å². The summed E-state index contributed by atoms with van der Waals surface area (Å²) in [6.45, 7) is 9.28. The van der Waals surface area contributed by atoms with Crippen LogP contribution in [0.3, 0.4) is 0 Å². The second kappa shape index (κ2) is 11.1. The Morgan fingerprint density at radius 3 is 2.45 bits per heavy atom. The third-order valence-electron chi connectivity index (χ3n) is 3.90. The van der Waals surface area contributed by atoms with Crippen molar-refractivity contribution in [3.8, 4) is 0 Å². The van der Waals surface area contributed by atoms with Gasteiger partial charge in [0.1, 0.15) is 17.5 Å². The van der Waals surface area contributed by atoms with Crippen LogP contribution >= 0.6 is 11.6 Å². The van der Waals surface area contributed by atoms with Crippen molar-refractivity contribution in [1.82, 2.24) is 10.2 Å². The van der Waals surface area contributed by atoms with Crippen LogP contribution in [0, 0.1) is 5.82 Å². The number of hydrogen-bond donors (Lipinski definition) is 2. The molecule has 162 valence electrons. The number of nitrogens with zero attached hydrogens (tertiary/aromatic N) is 1. The van der Waals surface area contributed by atoms with Gasteiger partial charge in [0.05, 0.1) is 5.69 Å². The Bertz CT molecular complexity index is 737. The number of carbonyl (C=O) groups is 3. The zero-order valence-electron chi connectivity index (χ0n) is 17.5. The van der Waals surface area contributed by atoms with Gasteiger partial charge in [-0.15, -0.1) is 0 Å². The molecule has 0 saturated carbocycles. The molecule has 0 spiro atoms. The maximum atomic E-state index is 13.8. The summed E-state index contributed by atoms with van der Waals surface area (Å²) in [4.78, 5) is 37.5. The minimum absolute atomic E-state index is 0.0231. The van der Waals surface area contributed by atoms with E-state index in [2.05, 4.69) is 10.6 Å². The first kappa shape index (κ1) is 24.8. The Labute approximate surface area is 175 Å². The second-order valence-electron chi connectivity index (χ2n) is 7.65. The molecule has 2 amide bonds. The lowest BCUT2D eigenvalue weighted by Crippen LogP contribution is -2.46. The number of halogens is 2. The van der Waals surface area contributed by atoms with Gasteiger partial charge in [0.15, 0.2) is 0 Å². The average molecular weight is 430 g/mol. The standard InChI is InChI=1S/C20H29ClFN3O4/c1-13(19(28)29-20(3,4)5)25(11-9-23-14(2)26)10-8-18(27)24-17-7-6-15(21)12-16(17)22/h6-7,12-13H,8-11H2,1-5H3,(H,23,26)(H,24,27)/t13-/m1/s1. The normalized spacial score (nSPS) is 12.4. The van der Waals surface area contributed by atoms with Crippen LogP contribution in [0.5, 0.6) is 0 Å². The average Bonchev–Trinajstić information content (AvgIpc) is 2.58. The first-order valence-electron chi connectivity index (χ1n) is 9.35. The molecule has 1 atom stereocenters. The summed E-state index contributed by atoms with van der Waals surface area (Å²) in [5.74, 6) is -1.65. The molecule has 9 heteroatoms. The molecule has 0 heterocycles. The maximum absolute atomic E-state index is 13.8. The summed E-state index contributed by atoms with van der Waals surface area (Å²) in [5, 5.41) is 5.38. The van der Waals surface area contributed by atoms with Gasteiger partial charge in [-0.3, -0.25) is 19.3 Å². The zero-order valence-corrected chi connectivity index (χ0v) is 18.2. The lowest BCUT2D eigenvalue weighted by atomic mass is 10.2. The summed E-state index contributed by atoms with van der Waals surface area (Å²) >= 11 is 5.70. The van der Waals surface area contributed by atoms with Crippen LogP contribution in [0.15, 0.2) is 18.2 Å². The van der Waals surface area contributed by atoms with Gasteiger partial charge >= 0.3 is 5.97 Å². The number of anilines is 1. The smallest absolute Gasteiger partial charge is 0.323 e. The van der Waals surface area contributed by atoms with Crippen LogP contribution in [0.4, 0.5) is 10.1 Å². The SMILES string of the molecule is CC(=O)NCCN(CCC(=O)Nc1ccc(Cl)cc1F)[C@H](C)C(=O)OC(C)(C)C. The fourth-order valence-electron chi connectivity index (χ4n) is 2.46. The van der Waals surface area contributed by atoms with Crippen molar-refractivity contribution in [2.45, 2.75) is 52.7 Å². The van der Waals surface area contributed by atoms with E-state index >= 15 is 0 Å². The minimum Gasteiger partial charge on any atom is -0.459 e. The number of benzene rings is 1. The highest BCUT2D eigenvalue weighted by molar-refractivity contribution is 6.30. The van der Waals surface area contributed by atoms with Crippen LogP contribution in [0.25, 0.3) is 0 Å². The van der Waals surface area contributed by atoms with E-state index in [1.54, 1.807) is 32.6 Å². The molecule has 2 N–H and O–H groups in total. The summed E-state index contributed by atoms with van der Waals surface area (Å²) in [5.41, 5.74) is -0.609. The van der Waals surface area contributed by atoms with Gasteiger partial charge in [0.25, 0.3) is 0 Å². The highest BCUT2D eigenvalue weighted by Crippen LogP contribution is 2.19. The fraction of sp³-hybridized carbons (Fsp3) is 0.550. The Morgan fingerprint density at radius 2 is 1.90 bits per heavy atom. The number of nitrogens with one attached hydrogen (secondary N) is 2. The van der Waals surface area contributed by atoms with Crippen LogP contribution in [-0.2, 0) is 19.1 Å². The summed E-state index contributed by atoms with van der Waals surface area (Å²) in [6.07, 6.45) is 0.0231. The Morgan fingerprint density at radius 1 is 1.24 bits per heavy atom. The van der Waals surface area contributed by atoms with Crippen molar-refractivity contribution in [2.75, 3.05) is 25.0 Å². The third-order valence-corrected chi connectivity index (χ3v) is 4.13. The molecule has 1 aromatic carbocycles. The molecule has 0 bridgehead atoms. The van der Waals surface area contributed by atoms with Crippen LogP contribution in [0.2, 0.25) is 5.02 Å². The monoisotopic (exact) mass is 429 g/mol. The number of carbonyl (C=O) groups excluding carboxylic acids is 3. The molecule has 29 heavy (non-hydrogen) atoms. The molecule has 0 radical (unpaired) electrons. The highest BCUT2D eigenvalue weighted by Gasteiger charge is 2.27. The van der Waals surface area contributed by atoms with E-state index in [1.807, 2.05) is 0 Å². The maximum Gasteiger partial charge on any atom is 0.323 e. The van der Waals surface area contributed by atoms with Crippen molar-refractivity contribution >= 4 is 35.1 Å². The third kappa shape index (κ3) is 9.71. The van der Waals surface area contributed by atoms with Crippen molar-refractivity contribution in [1.29, 1.82) is 0 Å². The molecule has 0 aliphatic heterocycles. The molecule has 0 aliphatic carbocycles. The van der Waals surface area contributed by atoms with E-state index in [4.69, 9.17) is 16.3 Å². The first-order valence-corrected chi connectivity index (χ1v) is 9.73. The predicted octanol–water partition coefficient (Wildman–Crippen LogP) is 2.98. The lowest BCUT2D eigenvalue weighted by molar-refractivity contribution is -0.161. The first-order chi connectivity index (χ1) is 13.4. The molecule has 0 aliphatic rings. The van der Waals surface area contributed by atoms with E-state index in [0.29, 0.717) is 13.1 Å². The quantitative estimate of drug-likeness (QED) is 0.589. The molecule has 0 fully saturated rings. The summed E-state index contributed by atoms with van der Waals surface area (Å²) < 4.78 is 19.2. The number of rotatable bonds is 9. The van der Waals surface area contributed by atoms with Crippen LogP contribution in [0.1, 0.15) is 41.0 Å². The second-order valence-corrected chi connectivity index (χ2v) is 8.09. The van der Waals surface area contributed by atoms with E-state index in [1.165, 1.54) is 19.1 Å². The number of hydrogen-bond acceptors (Lipinski definition) is 5. The van der Waals surface area contributed by atoms with Gasteiger partial charge in [0.2, 0.25) is 11.8 Å². The molecule has 0 aromatic heterocycles. The van der Waals surface area contributed by atoms with Crippen LogP contribution in [-0.4, -0.2) is 54.0 Å². The van der Waals surface area contributed by atoms with Gasteiger partial charge in [-0.1, -0.05) is 11.6 Å². The lowest BCUT2D eigenvalue weighted by Gasteiger charge is -2.30. The van der Waals surface area contributed by atoms with Gasteiger partial charge < -0.3 is 15.4 Å². The van der Waals surface area contributed by atoms with Gasteiger partial charge in [0, 0.05) is 38.0 Å². The van der Waals surface area contributed by atoms with Gasteiger partial charge in [-0.2, -0.15) is 0 Å². The molecule has 7 nitrogen and oxygen atoms in total. The zero-order chi connectivity index (χ0) is 22.2. The molecule has 1 rings (SSSR count). The van der Waals surface area contributed by atoms with Crippen molar-refractivity contribution in [3.63, 3.8) is 0 Å². The number of ether oxygens (including phenoxy) is 1. The predicted molar refractivity (Wildman–Crippen MR) is 110 cm³/mol. The van der Waals surface area contributed by atoms with E-state index in [0.717, 1.165) is 6.07 Å². The molecule has 0 unspecified atom stereocenters. The van der Waals surface area contributed by atoms with Crippen molar-refractivity contribution < 1.29 is 23.5 Å². The molecule has 1 aromatic rings. The van der Waals surface area contributed by atoms with Crippen LogP contribution < -0.4 is 10.6 Å². The molecule has 0 saturated heterocycles. The molecular formula is C20H29ClFN3O4. The van der Waals surface area contributed by atoms with Gasteiger partial charge in [-0.25, -0.2) is 4.39 Å². The van der Waals surface area contributed by atoms with E-state index < -0.39 is 29.3 Å². The minimum atomic E-state index is -0.641. The Kier molecular flexibility index (Phi) is 9.52. The van der Waals surface area contributed by atoms with Crippen molar-refractivity contribution in [2.24, 2.45) is 0 Å². The topological polar surface area (TPSA) is 87.7 Å². The summed E-state index contributed by atoms with van der Waals surface area (Å²) in [6, 6.07) is 3.35. The number of esters is 1. The van der Waals surface area contributed by atoms with Gasteiger partial charge in [-0.05, 0) is 45.9 Å². The fourth-order valence-corrected chi connectivity index (χ4v) is 2.62. The Balaban J connectivity index is 2.73. The highest BCUT2D eigenvalue weighted by atomic mass is 35.5. The Hall–Kier alpha value is -2.19. The number of amides is 2. The van der Waals surface area contributed by atoms with E-state index in [9.17, 15) is 18.8 Å².